The van der Waals surface area contributed by atoms with Crippen molar-refractivity contribution in [1.82, 2.24) is 9.80 Å². The minimum Gasteiger partial charge on any atom is -0.488 e. The van der Waals surface area contributed by atoms with Gasteiger partial charge in [-0.15, -0.1) is 0 Å². The molecule has 0 saturated heterocycles. The predicted octanol–water partition coefficient (Wildman–Crippen LogP) is 0.496. The van der Waals surface area contributed by atoms with E-state index in [-0.39, 0.29) is 11.9 Å². The summed E-state index contributed by atoms with van der Waals surface area (Å²) in [6.45, 7) is 0. The van der Waals surface area contributed by atoms with Crippen LogP contribution in [-0.2, 0) is 0 Å². The standard InChI is InChI=1S/C6H8N2O2/c1-7-4-3-5(9)8(2)6(7)10/h4,9H,1-2H3. The summed E-state index contributed by atoms with van der Waals surface area (Å²) >= 11 is 0. The van der Waals surface area contributed by atoms with Gasteiger partial charge in [0, 0.05) is 14.1 Å². The smallest absolute Gasteiger partial charge is 0.331 e. The first kappa shape index (κ1) is 6.71. The van der Waals surface area contributed by atoms with Gasteiger partial charge >= 0.3 is 6.03 Å². The van der Waals surface area contributed by atoms with E-state index in [9.17, 15) is 4.79 Å². The van der Waals surface area contributed by atoms with Crippen LogP contribution in [0, 0.1) is 0 Å². The fourth-order valence-corrected chi connectivity index (χ4v) is 0.634. The second-order valence-electron chi connectivity index (χ2n) is 2.05. The molecule has 0 radical (unpaired) electrons. The number of amides is 2. The Labute approximate surface area is 58.7 Å². The van der Waals surface area contributed by atoms with Gasteiger partial charge in [-0.25, -0.2) is 4.79 Å². The van der Waals surface area contributed by atoms with Crippen LogP contribution in [-0.4, -0.2) is 35.0 Å². The van der Waals surface area contributed by atoms with Crippen molar-refractivity contribution in [2.24, 2.45) is 0 Å². The van der Waals surface area contributed by atoms with Gasteiger partial charge in [-0.1, -0.05) is 0 Å². The summed E-state index contributed by atoms with van der Waals surface area (Å²) < 4.78 is 0. The van der Waals surface area contributed by atoms with Crippen molar-refractivity contribution in [3.8, 4) is 0 Å². The zero-order chi connectivity index (χ0) is 7.72. The fourth-order valence-electron chi connectivity index (χ4n) is 0.634. The van der Waals surface area contributed by atoms with Gasteiger partial charge in [0.1, 0.15) is 0 Å². The first-order chi connectivity index (χ1) is 4.63. The van der Waals surface area contributed by atoms with E-state index in [1.807, 2.05) is 0 Å². The second-order valence-corrected chi connectivity index (χ2v) is 2.05. The molecule has 0 unspecified atom stereocenters. The van der Waals surface area contributed by atoms with Crippen molar-refractivity contribution < 1.29 is 9.90 Å². The van der Waals surface area contributed by atoms with Crippen LogP contribution in [0.25, 0.3) is 0 Å². The molecule has 10 heavy (non-hydrogen) atoms. The molecule has 1 N–H and O–H groups in total. The Morgan fingerprint density at radius 3 is 2.70 bits per heavy atom. The molecule has 0 atom stereocenters. The van der Waals surface area contributed by atoms with E-state index in [2.05, 4.69) is 5.73 Å². The van der Waals surface area contributed by atoms with Gasteiger partial charge in [0.25, 0.3) is 0 Å². The number of aliphatic hydroxyl groups is 1. The number of nitrogens with zero attached hydrogens (tertiary/aromatic N) is 2. The van der Waals surface area contributed by atoms with Crippen molar-refractivity contribution >= 4 is 6.03 Å². The summed E-state index contributed by atoms with van der Waals surface area (Å²) in [6.07, 6.45) is 1.39. The van der Waals surface area contributed by atoms with E-state index >= 15 is 0 Å². The third-order valence-corrected chi connectivity index (χ3v) is 1.29. The van der Waals surface area contributed by atoms with Gasteiger partial charge in [-0.2, -0.15) is 0 Å². The number of hydrogen-bond donors (Lipinski definition) is 1. The van der Waals surface area contributed by atoms with Crippen molar-refractivity contribution in [2.75, 3.05) is 14.1 Å². The lowest BCUT2D eigenvalue weighted by molar-refractivity contribution is 0.169. The topological polar surface area (TPSA) is 43.8 Å². The molecule has 0 fully saturated rings. The van der Waals surface area contributed by atoms with Crippen LogP contribution in [0.5, 0.6) is 0 Å². The molecule has 0 saturated carbocycles. The monoisotopic (exact) mass is 140 g/mol. The Morgan fingerprint density at radius 1 is 1.60 bits per heavy atom. The Kier molecular flexibility index (Phi) is 1.39. The third-order valence-electron chi connectivity index (χ3n) is 1.29. The first-order valence-corrected chi connectivity index (χ1v) is 2.79. The van der Waals surface area contributed by atoms with E-state index in [1.54, 1.807) is 7.05 Å². The Morgan fingerprint density at radius 2 is 2.20 bits per heavy atom. The molecule has 1 aliphatic heterocycles. The summed E-state index contributed by atoms with van der Waals surface area (Å²) in [6, 6.07) is -0.267. The molecule has 2 amide bonds. The lowest BCUT2D eigenvalue weighted by Gasteiger charge is -2.22. The molecule has 1 heterocycles. The highest BCUT2D eigenvalue weighted by atomic mass is 16.3. The molecular weight excluding hydrogens is 132 g/mol. The summed E-state index contributed by atoms with van der Waals surface area (Å²) in [4.78, 5) is 13.4. The maximum atomic E-state index is 10.9. The highest BCUT2D eigenvalue weighted by Crippen LogP contribution is 2.04. The fraction of sp³-hybridized carbons (Fsp3) is 0.333. The Balaban J connectivity index is 2.99. The number of aliphatic hydroxyl groups excluding tert-OH is 1. The second kappa shape index (κ2) is 2.08. The van der Waals surface area contributed by atoms with Crippen LogP contribution in [0.4, 0.5) is 4.79 Å². The van der Waals surface area contributed by atoms with Crippen molar-refractivity contribution in [1.29, 1.82) is 0 Å². The summed E-state index contributed by atoms with van der Waals surface area (Å²) in [5, 5.41) is 8.92. The number of carbonyl (C=O) groups is 1. The van der Waals surface area contributed by atoms with Crippen LogP contribution in [0.1, 0.15) is 0 Å². The largest absolute Gasteiger partial charge is 0.488 e. The highest BCUT2D eigenvalue weighted by molar-refractivity contribution is 5.77. The minimum absolute atomic E-state index is 0.150. The molecular formula is C6H8N2O2. The van der Waals surface area contributed by atoms with Gasteiger partial charge in [0.2, 0.25) is 5.88 Å². The molecule has 0 aromatic rings. The van der Waals surface area contributed by atoms with Gasteiger partial charge in [-0.3, -0.25) is 9.80 Å². The van der Waals surface area contributed by atoms with Crippen LogP contribution in [0.3, 0.4) is 0 Å². The van der Waals surface area contributed by atoms with Gasteiger partial charge in [-0.05, 0) is 5.73 Å². The SMILES string of the molecule is CN1C=C=C(O)N(C)C1=O. The number of rotatable bonds is 0. The lowest BCUT2D eigenvalue weighted by Crippen LogP contribution is -2.37. The third kappa shape index (κ3) is 0.847. The number of hydrogen-bond acceptors (Lipinski definition) is 2. The average Bonchev–Trinajstić information content (AvgIpc) is 1.93. The lowest BCUT2D eigenvalue weighted by atomic mass is 10.5. The molecule has 4 nitrogen and oxygen atoms in total. The molecule has 0 aromatic carbocycles. The first-order valence-electron chi connectivity index (χ1n) is 2.79. The molecule has 0 bridgehead atoms. The Hall–Kier alpha value is -1.41. The summed E-state index contributed by atoms with van der Waals surface area (Å²) in [7, 11) is 3.08. The summed E-state index contributed by atoms with van der Waals surface area (Å²) in [5.41, 5.74) is 2.49. The maximum absolute atomic E-state index is 10.9. The van der Waals surface area contributed by atoms with E-state index < -0.39 is 0 Å². The molecule has 0 spiro atoms. The van der Waals surface area contributed by atoms with Crippen molar-refractivity contribution in [3.05, 3.63) is 17.8 Å². The van der Waals surface area contributed by atoms with E-state index in [0.29, 0.717) is 0 Å². The van der Waals surface area contributed by atoms with Crippen LogP contribution in [0.15, 0.2) is 17.8 Å². The highest BCUT2D eigenvalue weighted by Gasteiger charge is 2.18. The average molecular weight is 140 g/mol. The van der Waals surface area contributed by atoms with Crippen LogP contribution >= 0.6 is 0 Å². The van der Waals surface area contributed by atoms with Crippen molar-refractivity contribution in [2.45, 2.75) is 0 Å². The zero-order valence-electron chi connectivity index (χ0n) is 5.83. The normalized spacial score (nSPS) is 17.8. The van der Waals surface area contributed by atoms with E-state index in [1.165, 1.54) is 18.1 Å². The molecule has 0 aliphatic carbocycles. The van der Waals surface area contributed by atoms with E-state index in [0.717, 1.165) is 4.90 Å². The van der Waals surface area contributed by atoms with E-state index in [4.69, 9.17) is 5.11 Å². The Bertz CT molecular complexity index is 226. The quantitative estimate of drug-likeness (QED) is 0.498. The summed E-state index contributed by atoms with van der Waals surface area (Å²) in [5.74, 6) is -0.150. The zero-order valence-corrected chi connectivity index (χ0v) is 5.83. The van der Waals surface area contributed by atoms with Gasteiger partial charge in [0.05, 0.1) is 6.20 Å². The van der Waals surface area contributed by atoms with Gasteiger partial charge < -0.3 is 5.11 Å². The maximum Gasteiger partial charge on any atom is 0.331 e. The number of carbonyl (C=O) groups excluding carboxylic acids is 1. The van der Waals surface area contributed by atoms with Gasteiger partial charge in [0.15, 0.2) is 0 Å². The molecule has 4 heteroatoms. The van der Waals surface area contributed by atoms with Crippen LogP contribution in [0.2, 0.25) is 0 Å². The molecule has 0 aromatic heterocycles. The molecule has 54 valence electrons. The van der Waals surface area contributed by atoms with Crippen LogP contribution < -0.4 is 0 Å². The minimum atomic E-state index is -0.267. The molecule has 1 rings (SSSR count). The molecule has 1 aliphatic rings. The number of urea groups is 1. The predicted molar refractivity (Wildman–Crippen MR) is 35.1 cm³/mol. The van der Waals surface area contributed by atoms with Crippen molar-refractivity contribution in [3.63, 3.8) is 0 Å².